The maximum atomic E-state index is 11.9. The smallest absolute Gasteiger partial charge is 0.316 e. The molecule has 0 fully saturated rings. The van der Waals surface area contributed by atoms with Gasteiger partial charge in [0.1, 0.15) is 24.0 Å². The van der Waals surface area contributed by atoms with Gasteiger partial charge in [-0.3, -0.25) is 4.79 Å². The van der Waals surface area contributed by atoms with Gasteiger partial charge in [0, 0.05) is 5.56 Å². The second-order valence-electron chi connectivity index (χ2n) is 4.38. The molecule has 0 aliphatic carbocycles. The molecule has 2 rings (SSSR count). The molecule has 21 heavy (non-hydrogen) atoms. The second-order valence-corrected chi connectivity index (χ2v) is 4.78. The molecule has 0 aliphatic heterocycles. The number of aromatic hydroxyl groups is 1. The molecule has 0 amide bonds. The van der Waals surface area contributed by atoms with Crippen molar-refractivity contribution in [3.05, 3.63) is 59.1 Å². The zero-order valence-electron chi connectivity index (χ0n) is 11.5. The zero-order valence-corrected chi connectivity index (χ0v) is 12.2. The molecule has 0 saturated carbocycles. The van der Waals surface area contributed by atoms with Gasteiger partial charge < -0.3 is 14.6 Å². The van der Waals surface area contributed by atoms with E-state index in [1.54, 1.807) is 42.5 Å². The molecule has 110 valence electrons. The lowest BCUT2D eigenvalue weighted by molar-refractivity contribution is -0.143. The van der Waals surface area contributed by atoms with Gasteiger partial charge in [-0.15, -0.1) is 0 Å². The van der Waals surface area contributed by atoms with E-state index in [0.717, 1.165) is 0 Å². The summed E-state index contributed by atoms with van der Waals surface area (Å²) in [7, 11) is 1.30. The standard InChI is InChI=1S/C16H15ClO4/c1-20-16(19)12(11-6-2-4-8-14(11)18)10-21-15-9-5-3-7-13(15)17/h2-9,12,18H,10H2,1H3. The molecular formula is C16H15ClO4. The normalized spacial score (nSPS) is 11.7. The van der Waals surface area contributed by atoms with E-state index in [0.29, 0.717) is 16.3 Å². The number of methoxy groups -OCH3 is 1. The van der Waals surface area contributed by atoms with Crippen LogP contribution in [-0.4, -0.2) is 24.8 Å². The predicted octanol–water partition coefficient (Wildman–Crippen LogP) is 3.38. The largest absolute Gasteiger partial charge is 0.508 e. The molecule has 0 heterocycles. The third kappa shape index (κ3) is 3.67. The third-order valence-corrected chi connectivity index (χ3v) is 3.35. The van der Waals surface area contributed by atoms with Gasteiger partial charge in [0.15, 0.2) is 0 Å². The van der Waals surface area contributed by atoms with Crippen molar-refractivity contribution in [2.45, 2.75) is 5.92 Å². The van der Waals surface area contributed by atoms with Gasteiger partial charge in [-0.2, -0.15) is 0 Å². The molecule has 0 aliphatic rings. The van der Waals surface area contributed by atoms with E-state index in [1.807, 2.05) is 0 Å². The van der Waals surface area contributed by atoms with Crippen LogP contribution in [0.2, 0.25) is 5.02 Å². The first-order valence-electron chi connectivity index (χ1n) is 6.36. The highest BCUT2D eigenvalue weighted by Gasteiger charge is 2.25. The summed E-state index contributed by atoms with van der Waals surface area (Å²) in [6.45, 7) is 0.0218. The Kier molecular flexibility index (Phi) is 5.06. The van der Waals surface area contributed by atoms with Crippen molar-refractivity contribution in [2.75, 3.05) is 13.7 Å². The summed E-state index contributed by atoms with van der Waals surface area (Å²) in [6.07, 6.45) is 0. The minimum Gasteiger partial charge on any atom is -0.508 e. The summed E-state index contributed by atoms with van der Waals surface area (Å²) < 4.78 is 10.4. The molecule has 4 nitrogen and oxygen atoms in total. The topological polar surface area (TPSA) is 55.8 Å². The number of esters is 1. The zero-order chi connectivity index (χ0) is 15.2. The Balaban J connectivity index is 2.21. The number of para-hydroxylation sites is 2. The number of carbonyl (C=O) groups is 1. The second kappa shape index (κ2) is 6.99. The summed E-state index contributed by atoms with van der Waals surface area (Å²) in [5.41, 5.74) is 0.455. The van der Waals surface area contributed by atoms with Crippen LogP contribution < -0.4 is 4.74 Å². The van der Waals surface area contributed by atoms with E-state index in [2.05, 4.69) is 0 Å². The Bertz CT molecular complexity index is 627. The number of benzene rings is 2. The summed E-state index contributed by atoms with van der Waals surface area (Å²) in [6, 6.07) is 13.6. The number of phenolic OH excluding ortho intramolecular Hbond substituents is 1. The molecule has 2 aromatic carbocycles. The van der Waals surface area contributed by atoms with E-state index >= 15 is 0 Å². The van der Waals surface area contributed by atoms with E-state index in [-0.39, 0.29) is 12.4 Å². The molecule has 1 unspecified atom stereocenters. The van der Waals surface area contributed by atoms with Crippen molar-refractivity contribution in [1.29, 1.82) is 0 Å². The van der Waals surface area contributed by atoms with Crippen molar-refractivity contribution in [3.63, 3.8) is 0 Å². The van der Waals surface area contributed by atoms with Crippen LogP contribution in [0.3, 0.4) is 0 Å². The fraction of sp³-hybridized carbons (Fsp3) is 0.188. The number of rotatable bonds is 5. The van der Waals surface area contributed by atoms with Crippen LogP contribution in [0.1, 0.15) is 11.5 Å². The van der Waals surface area contributed by atoms with Gasteiger partial charge in [0.25, 0.3) is 0 Å². The summed E-state index contributed by atoms with van der Waals surface area (Å²) in [5, 5.41) is 10.3. The average molecular weight is 307 g/mol. The van der Waals surface area contributed by atoms with Crippen molar-refractivity contribution >= 4 is 17.6 Å². The maximum absolute atomic E-state index is 11.9. The number of hydrogen-bond donors (Lipinski definition) is 1. The van der Waals surface area contributed by atoms with Crippen LogP contribution in [0.4, 0.5) is 0 Å². The van der Waals surface area contributed by atoms with Crippen LogP contribution in [0.5, 0.6) is 11.5 Å². The van der Waals surface area contributed by atoms with E-state index in [4.69, 9.17) is 21.1 Å². The van der Waals surface area contributed by atoms with Crippen molar-refractivity contribution < 1.29 is 19.4 Å². The molecule has 0 spiro atoms. The quantitative estimate of drug-likeness (QED) is 0.860. The molecule has 0 aromatic heterocycles. The fourth-order valence-corrected chi connectivity index (χ4v) is 2.13. The number of hydrogen-bond acceptors (Lipinski definition) is 4. The van der Waals surface area contributed by atoms with Crippen LogP contribution in [0.25, 0.3) is 0 Å². The van der Waals surface area contributed by atoms with Crippen molar-refractivity contribution in [3.8, 4) is 11.5 Å². The predicted molar refractivity (Wildman–Crippen MR) is 79.8 cm³/mol. The first kappa shape index (κ1) is 15.2. The minimum absolute atomic E-state index is 0.0218. The van der Waals surface area contributed by atoms with Crippen LogP contribution in [-0.2, 0) is 9.53 Å². The fourth-order valence-electron chi connectivity index (χ4n) is 1.94. The number of phenols is 1. The Morgan fingerprint density at radius 1 is 1.19 bits per heavy atom. The molecule has 1 atom stereocenters. The van der Waals surface area contributed by atoms with Gasteiger partial charge in [-0.25, -0.2) is 0 Å². The first-order valence-corrected chi connectivity index (χ1v) is 6.74. The Morgan fingerprint density at radius 2 is 1.86 bits per heavy atom. The lowest BCUT2D eigenvalue weighted by Gasteiger charge is -2.17. The maximum Gasteiger partial charge on any atom is 0.316 e. The highest BCUT2D eigenvalue weighted by molar-refractivity contribution is 6.32. The van der Waals surface area contributed by atoms with Gasteiger partial charge >= 0.3 is 5.97 Å². The number of carbonyl (C=O) groups excluding carboxylic acids is 1. The highest BCUT2D eigenvalue weighted by Crippen LogP contribution is 2.29. The van der Waals surface area contributed by atoms with Crippen LogP contribution >= 0.6 is 11.6 Å². The number of halogens is 1. The molecule has 5 heteroatoms. The van der Waals surface area contributed by atoms with Gasteiger partial charge in [-0.05, 0) is 18.2 Å². The minimum atomic E-state index is -0.729. The molecule has 2 aromatic rings. The monoisotopic (exact) mass is 306 g/mol. The van der Waals surface area contributed by atoms with E-state index in [9.17, 15) is 9.90 Å². The van der Waals surface area contributed by atoms with Crippen molar-refractivity contribution in [2.24, 2.45) is 0 Å². The first-order chi connectivity index (χ1) is 10.1. The lowest BCUT2D eigenvalue weighted by atomic mass is 9.99. The van der Waals surface area contributed by atoms with E-state index in [1.165, 1.54) is 13.2 Å². The highest BCUT2D eigenvalue weighted by atomic mass is 35.5. The van der Waals surface area contributed by atoms with Crippen LogP contribution in [0.15, 0.2) is 48.5 Å². The van der Waals surface area contributed by atoms with Crippen molar-refractivity contribution in [1.82, 2.24) is 0 Å². The lowest BCUT2D eigenvalue weighted by Crippen LogP contribution is -2.21. The Labute approximate surface area is 127 Å². The van der Waals surface area contributed by atoms with Gasteiger partial charge in [0.2, 0.25) is 0 Å². The SMILES string of the molecule is COC(=O)C(COc1ccccc1Cl)c1ccccc1O. The molecule has 1 N–H and O–H groups in total. The molecule has 0 saturated heterocycles. The average Bonchev–Trinajstić information content (AvgIpc) is 2.50. The number of ether oxygens (including phenoxy) is 2. The van der Waals surface area contributed by atoms with Gasteiger partial charge in [-0.1, -0.05) is 41.9 Å². The molecule has 0 bridgehead atoms. The van der Waals surface area contributed by atoms with Gasteiger partial charge in [0.05, 0.1) is 12.1 Å². The third-order valence-electron chi connectivity index (χ3n) is 3.04. The Hall–Kier alpha value is -2.20. The van der Waals surface area contributed by atoms with Crippen LogP contribution in [0, 0.1) is 0 Å². The Morgan fingerprint density at radius 3 is 2.52 bits per heavy atom. The summed E-state index contributed by atoms with van der Waals surface area (Å²) in [5.74, 6) is -0.713. The molecule has 0 radical (unpaired) electrons. The summed E-state index contributed by atoms with van der Waals surface area (Å²) in [4.78, 5) is 11.9. The van der Waals surface area contributed by atoms with E-state index < -0.39 is 11.9 Å². The molecular weight excluding hydrogens is 292 g/mol. The summed E-state index contributed by atoms with van der Waals surface area (Å²) >= 11 is 6.01.